The maximum Gasteiger partial charge on any atom is 0.182 e. The Morgan fingerprint density at radius 1 is 1.80 bits per heavy atom. The molecule has 1 radical (unpaired) electrons. The molecule has 0 N–H and O–H groups in total. The van der Waals surface area contributed by atoms with Gasteiger partial charge in [-0.05, 0) is 0 Å². The number of hydrogen-bond acceptors (Lipinski definition) is 1. The van der Waals surface area contributed by atoms with Gasteiger partial charge in [0.15, 0.2) is 5.12 Å². The third-order valence-corrected chi connectivity index (χ3v) is 0. The first kappa shape index (κ1) is 9.78. The molecule has 0 amide bonds. The van der Waals surface area contributed by atoms with Gasteiger partial charge in [0.05, 0.1) is 0 Å². The predicted molar refractivity (Wildman–Crippen MR) is 19.7 cm³/mol. The smallest absolute Gasteiger partial charge is 0.182 e. The summed E-state index contributed by atoms with van der Waals surface area (Å²) in [5, 5.41) is -0.139. The Morgan fingerprint density at radius 2 is 1.80 bits per heavy atom. The molecule has 0 aliphatic rings. The van der Waals surface area contributed by atoms with Crippen LogP contribution in [-0.2, 0) is 4.79 Å². The van der Waals surface area contributed by atoms with Crippen LogP contribution in [0.5, 0.6) is 0 Å². The molecule has 1 nitrogen and oxygen atoms in total. The van der Waals surface area contributed by atoms with Crippen molar-refractivity contribution in [1.29, 1.82) is 0 Å². The minimum atomic E-state index is -0.139. The number of carbonyl (C=O) groups excluding carboxylic acids is 1. The topological polar surface area (TPSA) is 17.1 Å². The molecule has 0 saturated carbocycles. The van der Waals surface area contributed by atoms with Crippen molar-refractivity contribution in [1.82, 2.24) is 0 Å². The van der Waals surface area contributed by atoms with Crippen molar-refractivity contribution in [2.24, 2.45) is 0 Å². The SMILES string of the molecule is CC(=O)S.[Eu]. The fraction of sp³-hybridized carbons (Fsp3) is 0.500. The monoisotopic (exact) mass is 229 g/mol. The first-order valence-corrected chi connectivity index (χ1v) is 1.37. The quantitative estimate of drug-likeness (QED) is 0.596. The zero-order chi connectivity index (χ0) is 3.58. The molecule has 0 aliphatic heterocycles. The molecule has 3 heteroatoms. The molecule has 0 aliphatic carbocycles. The Kier molecular flexibility index (Phi) is 11.0. The largest absolute Gasteiger partial charge is 0.288 e. The van der Waals surface area contributed by atoms with E-state index < -0.39 is 0 Å². The Morgan fingerprint density at radius 3 is 1.80 bits per heavy atom. The molecule has 0 rings (SSSR count). The van der Waals surface area contributed by atoms with E-state index in [-0.39, 0.29) is 54.5 Å². The van der Waals surface area contributed by atoms with Gasteiger partial charge < -0.3 is 0 Å². The maximum atomic E-state index is 9.31. The van der Waals surface area contributed by atoms with E-state index in [0.29, 0.717) is 0 Å². The Bertz CT molecular complexity index is 32.6. The van der Waals surface area contributed by atoms with Crippen LogP contribution in [0.4, 0.5) is 0 Å². The van der Waals surface area contributed by atoms with E-state index in [0.717, 1.165) is 0 Å². The number of rotatable bonds is 0. The van der Waals surface area contributed by atoms with Crippen LogP contribution in [0.1, 0.15) is 6.92 Å². The Balaban J connectivity index is 0. The molecule has 0 spiro atoms. The zero-order valence-corrected chi connectivity index (χ0v) is 6.05. The van der Waals surface area contributed by atoms with Gasteiger partial charge in [0.1, 0.15) is 0 Å². The van der Waals surface area contributed by atoms with Gasteiger partial charge in [-0.25, -0.2) is 0 Å². The van der Waals surface area contributed by atoms with Gasteiger partial charge in [-0.3, -0.25) is 4.79 Å². The summed E-state index contributed by atoms with van der Waals surface area (Å²) in [6.07, 6.45) is 0. The molecule has 0 aromatic carbocycles. The normalized spacial score (nSPS) is 5.20. The van der Waals surface area contributed by atoms with E-state index in [1.54, 1.807) is 0 Å². The summed E-state index contributed by atoms with van der Waals surface area (Å²) in [6.45, 7) is 1.39. The molecule has 0 aromatic heterocycles. The van der Waals surface area contributed by atoms with Crippen molar-refractivity contribution >= 4 is 17.7 Å². The predicted octanol–water partition coefficient (Wildman–Crippen LogP) is 0.463. The second kappa shape index (κ2) is 5.60. The average Bonchev–Trinajstić information content (AvgIpc) is 0.811. The van der Waals surface area contributed by atoms with Crippen molar-refractivity contribution in [2.45, 2.75) is 6.92 Å². The van der Waals surface area contributed by atoms with Crippen LogP contribution in [-0.4, -0.2) is 5.12 Å². The maximum absolute atomic E-state index is 9.31. The van der Waals surface area contributed by atoms with Crippen LogP contribution in [0, 0.1) is 49.4 Å². The van der Waals surface area contributed by atoms with Crippen LogP contribution in [0.2, 0.25) is 0 Å². The van der Waals surface area contributed by atoms with Gasteiger partial charge in [-0.2, -0.15) is 0 Å². The first-order valence-electron chi connectivity index (χ1n) is 0.928. The minimum Gasteiger partial charge on any atom is -0.288 e. The van der Waals surface area contributed by atoms with Crippen LogP contribution in [0.25, 0.3) is 0 Å². The third kappa shape index (κ3) is 28.3. The summed E-state index contributed by atoms with van der Waals surface area (Å²) >= 11 is 3.33. The minimum absolute atomic E-state index is 0. The summed E-state index contributed by atoms with van der Waals surface area (Å²) in [5.41, 5.74) is 0. The number of carbonyl (C=O) groups is 1. The van der Waals surface area contributed by atoms with Crippen LogP contribution >= 0.6 is 12.6 Å². The van der Waals surface area contributed by atoms with Crippen molar-refractivity contribution in [2.75, 3.05) is 0 Å². The van der Waals surface area contributed by atoms with E-state index >= 15 is 0 Å². The molecule has 5 heavy (non-hydrogen) atoms. The molecule has 0 atom stereocenters. The van der Waals surface area contributed by atoms with Crippen LogP contribution < -0.4 is 0 Å². The van der Waals surface area contributed by atoms with E-state index in [1.807, 2.05) is 0 Å². The summed E-state index contributed by atoms with van der Waals surface area (Å²) in [6, 6.07) is 0. The van der Waals surface area contributed by atoms with E-state index in [9.17, 15) is 4.79 Å². The number of hydrogen-bond donors (Lipinski definition) is 1. The second-order valence-electron chi connectivity index (χ2n) is 0.519. The Labute approximate surface area is 77.5 Å². The zero-order valence-electron chi connectivity index (χ0n) is 2.73. The van der Waals surface area contributed by atoms with Crippen LogP contribution in [0.3, 0.4) is 0 Å². The van der Waals surface area contributed by atoms with E-state index in [2.05, 4.69) is 12.6 Å². The fourth-order valence-corrected chi connectivity index (χ4v) is 0. The fourth-order valence-electron chi connectivity index (χ4n) is 0. The van der Waals surface area contributed by atoms with Gasteiger partial charge >= 0.3 is 0 Å². The summed E-state index contributed by atoms with van der Waals surface area (Å²) in [4.78, 5) is 9.31. The third-order valence-electron chi connectivity index (χ3n) is 0. The van der Waals surface area contributed by atoms with Crippen molar-refractivity contribution in [3.8, 4) is 0 Å². The molecular formula is C2H4EuOS. The molecule has 0 fully saturated rings. The summed E-state index contributed by atoms with van der Waals surface area (Å²) < 4.78 is 0. The summed E-state index contributed by atoms with van der Waals surface area (Å²) in [5.74, 6) is 0. The Hall–Kier alpha value is 1.60. The molecule has 0 saturated heterocycles. The van der Waals surface area contributed by atoms with Gasteiger partial charge in [0, 0.05) is 56.3 Å². The van der Waals surface area contributed by atoms with Gasteiger partial charge in [0.25, 0.3) is 0 Å². The van der Waals surface area contributed by atoms with Crippen LogP contribution in [0.15, 0.2) is 0 Å². The van der Waals surface area contributed by atoms with Crippen molar-refractivity contribution < 1.29 is 54.2 Å². The van der Waals surface area contributed by atoms with Crippen molar-refractivity contribution in [3.63, 3.8) is 0 Å². The molecule has 31 valence electrons. The molecule has 0 bridgehead atoms. The second-order valence-corrected chi connectivity index (χ2v) is 1.15. The molecule has 0 unspecified atom stereocenters. The van der Waals surface area contributed by atoms with Gasteiger partial charge in [-0.15, -0.1) is 12.6 Å². The van der Waals surface area contributed by atoms with Crippen molar-refractivity contribution in [3.05, 3.63) is 0 Å². The average molecular weight is 228 g/mol. The molecular weight excluding hydrogens is 224 g/mol. The van der Waals surface area contributed by atoms with Gasteiger partial charge in [0.2, 0.25) is 0 Å². The molecule has 0 heterocycles. The van der Waals surface area contributed by atoms with Gasteiger partial charge in [-0.1, -0.05) is 0 Å². The van der Waals surface area contributed by atoms with E-state index in [1.165, 1.54) is 6.92 Å². The standard InChI is InChI=1S/C2H4OS.Eu/c1-2(3)4;/h1H3,(H,3,4);. The first-order chi connectivity index (χ1) is 1.73. The summed E-state index contributed by atoms with van der Waals surface area (Å²) in [7, 11) is 0. The molecule has 0 aromatic rings. The number of thiol groups is 1. The van der Waals surface area contributed by atoms with E-state index in [4.69, 9.17) is 0 Å².